The van der Waals surface area contributed by atoms with E-state index in [4.69, 9.17) is 4.74 Å². The molecule has 2 atom stereocenters. The maximum Gasteiger partial charge on any atom is 0.224 e. The van der Waals surface area contributed by atoms with Gasteiger partial charge in [0.05, 0.1) is 12.2 Å². The smallest absolute Gasteiger partial charge is 0.224 e. The Balaban J connectivity index is 1.91. The number of amides is 1. The third kappa shape index (κ3) is 5.02. The van der Waals surface area contributed by atoms with Crippen LogP contribution in [-0.4, -0.2) is 31.2 Å². The second-order valence-electron chi connectivity index (χ2n) is 6.69. The fourth-order valence-corrected chi connectivity index (χ4v) is 2.79. The number of nitrogens with one attached hydrogen (secondary N) is 1. The van der Waals surface area contributed by atoms with Crippen LogP contribution in [0.3, 0.4) is 0 Å². The molecule has 1 saturated heterocycles. The first kappa shape index (κ1) is 16.8. The minimum Gasteiger partial charge on any atom is -0.372 e. The van der Waals surface area contributed by atoms with Gasteiger partial charge in [0.15, 0.2) is 0 Å². The molecule has 0 aromatic heterocycles. The highest BCUT2D eigenvalue weighted by Crippen LogP contribution is 2.22. The molecule has 122 valence electrons. The van der Waals surface area contributed by atoms with Crippen molar-refractivity contribution in [1.82, 2.24) is 0 Å². The molecule has 22 heavy (non-hydrogen) atoms. The van der Waals surface area contributed by atoms with Gasteiger partial charge in [0.25, 0.3) is 0 Å². The van der Waals surface area contributed by atoms with Crippen molar-refractivity contribution in [3.05, 3.63) is 24.3 Å². The molecule has 1 aromatic carbocycles. The quantitative estimate of drug-likeness (QED) is 0.902. The molecule has 0 saturated carbocycles. The molecule has 1 aliphatic rings. The highest BCUT2D eigenvalue weighted by Gasteiger charge is 2.22. The molecule has 4 nitrogen and oxygen atoms in total. The van der Waals surface area contributed by atoms with E-state index < -0.39 is 0 Å². The first-order chi connectivity index (χ1) is 10.4. The summed E-state index contributed by atoms with van der Waals surface area (Å²) >= 11 is 0. The Kier molecular flexibility index (Phi) is 5.83. The monoisotopic (exact) mass is 304 g/mol. The number of hydrogen-bond donors (Lipinski definition) is 1. The van der Waals surface area contributed by atoms with Gasteiger partial charge in [0.2, 0.25) is 5.91 Å². The number of anilines is 2. The summed E-state index contributed by atoms with van der Waals surface area (Å²) in [7, 11) is 0. The highest BCUT2D eigenvalue weighted by atomic mass is 16.5. The van der Waals surface area contributed by atoms with Crippen LogP contribution >= 0.6 is 0 Å². The molecule has 2 unspecified atom stereocenters. The lowest BCUT2D eigenvalue weighted by atomic mass is 10.1. The van der Waals surface area contributed by atoms with Crippen LogP contribution in [0.25, 0.3) is 0 Å². The van der Waals surface area contributed by atoms with Crippen LogP contribution in [0.5, 0.6) is 0 Å². The van der Waals surface area contributed by atoms with Crippen molar-refractivity contribution >= 4 is 17.3 Å². The number of morpholine rings is 1. The summed E-state index contributed by atoms with van der Waals surface area (Å²) in [5.74, 6) is 0.647. The Morgan fingerprint density at radius 2 is 1.82 bits per heavy atom. The number of rotatable bonds is 5. The zero-order valence-corrected chi connectivity index (χ0v) is 14.1. The van der Waals surface area contributed by atoms with Crippen LogP contribution < -0.4 is 10.2 Å². The van der Waals surface area contributed by atoms with E-state index in [1.165, 1.54) is 5.69 Å². The molecule has 0 radical (unpaired) electrons. The first-order valence-corrected chi connectivity index (χ1v) is 8.24. The molecular formula is C18H28N2O2. The number of nitrogens with zero attached hydrogens (tertiary/aromatic N) is 1. The summed E-state index contributed by atoms with van der Waals surface area (Å²) in [5, 5.41) is 2.96. The fraction of sp³-hybridized carbons (Fsp3) is 0.611. The zero-order valence-electron chi connectivity index (χ0n) is 14.1. The number of carbonyl (C=O) groups is 1. The topological polar surface area (TPSA) is 41.6 Å². The standard InChI is InChI=1S/C18H28N2O2/c1-13(2)5-10-18(21)19-16-6-8-17(9-7-16)20-11-14(3)22-15(4)12-20/h6-9,13-15H,5,10-12H2,1-4H3,(H,19,21). The van der Waals surface area contributed by atoms with Gasteiger partial charge in [0, 0.05) is 30.9 Å². The molecule has 1 heterocycles. The molecule has 1 aromatic rings. The highest BCUT2D eigenvalue weighted by molar-refractivity contribution is 5.90. The van der Waals surface area contributed by atoms with Gasteiger partial charge < -0.3 is 15.0 Å². The summed E-state index contributed by atoms with van der Waals surface area (Å²) in [6.07, 6.45) is 2.00. The Morgan fingerprint density at radius 3 is 2.36 bits per heavy atom. The molecule has 4 heteroatoms. The number of hydrogen-bond acceptors (Lipinski definition) is 3. The molecule has 1 aliphatic heterocycles. The minimum absolute atomic E-state index is 0.0927. The molecular weight excluding hydrogens is 276 g/mol. The third-order valence-electron chi connectivity index (χ3n) is 3.88. The maximum atomic E-state index is 11.9. The van der Waals surface area contributed by atoms with Crippen molar-refractivity contribution in [2.45, 2.75) is 52.7 Å². The summed E-state index contributed by atoms with van der Waals surface area (Å²) in [6.45, 7) is 10.3. The van der Waals surface area contributed by atoms with Crippen LogP contribution in [0.1, 0.15) is 40.5 Å². The van der Waals surface area contributed by atoms with E-state index in [2.05, 4.69) is 50.0 Å². The second-order valence-corrected chi connectivity index (χ2v) is 6.69. The maximum absolute atomic E-state index is 11.9. The van der Waals surface area contributed by atoms with E-state index in [-0.39, 0.29) is 18.1 Å². The average Bonchev–Trinajstić information content (AvgIpc) is 2.45. The Bertz CT molecular complexity index is 474. The van der Waals surface area contributed by atoms with Crippen LogP contribution in [0, 0.1) is 5.92 Å². The Hall–Kier alpha value is -1.55. The number of benzene rings is 1. The summed E-state index contributed by atoms with van der Waals surface area (Å²) in [6, 6.07) is 8.10. The third-order valence-corrected chi connectivity index (χ3v) is 3.88. The van der Waals surface area contributed by atoms with Crippen LogP contribution in [0.15, 0.2) is 24.3 Å². The minimum atomic E-state index is 0.0927. The first-order valence-electron chi connectivity index (χ1n) is 8.24. The summed E-state index contributed by atoms with van der Waals surface area (Å²) < 4.78 is 5.76. The molecule has 0 aliphatic carbocycles. The number of ether oxygens (including phenoxy) is 1. The van der Waals surface area contributed by atoms with Crippen molar-refractivity contribution in [3.63, 3.8) is 0 Å². The lowest BCUT2D eigenvalue weighted by Gasteiger charge is -2.36. The molecule has 0 spiro atoms. The fourth-order valence-electron chi connectivity index (χ4n) is 2.79. The van der Waals surface area contributed by atoms with Crippen molar-refractivity contribution < 1.29 is 9.53 Å². The van der Waals surface area contributed by atoms with E-state index >= 15 is 0 Å². The predicted octanol–water partition coefficient (Wildman–Crippen LogP) is 3.67. The van der Waals surface area contributed by atoms with Crippen molar-refractivity contribution in [2.75, 3.05) is 23.3 Å². The van der Waals surface area contributed by atoms with Crippen molar-refractivity contribution in [2.24, 2.45) is 5.92 Å². The summed E-state index contributed by atoms with van der Waals surface area (Å²) in [5.41, 5.74) is 2.05. The van der Waals surface area contributed by atoms with Gasteiger partial charge in [-0.25, -0.2) is 0 Å². The lowest BCUT2D eigenvalue weighted by molar-refractivity contribution is -0.116. The van der Waals surface area contributed by atoms with Crippen LogP contribution in [-0.2, 0) is 9.53 Å². The van der Waals surface area contributed by atoms with Gasteiger partial charge in [-0.3, -0.25) is 4.79 Å². The summed E-state index contributed by atoms with van der Waals surface area (Å²) in [4.78, 5) is 14.2. The largest absolute Gasteiger partial charge is 0.372 e. The van der Waals surface area contributed by atoms with E-state index in [0.717, 1.165) is 25.2 Å². The average molecular weight is 304 g/mol. The molecule has 1 fully saturated rings. The SMILES string of the molecule is CC(C)CCC(=O)Nc1ccc(N2CC(C)OC(C)C2)cc1. The zero-order chi connectivity index (χ0) is 16.1. The molecule has 0 bridgehead atoms. The van der Waals surface area contributed by atoms with Gasteiger partial charge >= 0.3 is 0 Å². The second kappa shape index (κ2) is 7.63. The molecule has 2 rings (SSSR count). The van der Waals surface area contributed by atoms with E-state index in [1.54, 1.807) is 0 Å². The van der Waals surface area contributed by atoms with Gasteiger partial charge in [-0.1, -0.05) is 13.8 Å². The van der Waals surface area contributed by atoms with E-state index in [1.807, 2.05) is 12.1 Å². The molecule has 1 N–H and O–H groups in total. The Labute approximate surface area is 133 Å². The van der Waals surface area contributed by atoms with Crippen LogP contribution in [0.2, 0.25) is 0 Å². The van der Waals surface area contributed by atoms with Gasteiger partial charge in [0.1, 0.15) is 0 Å². The lowest BCUT2D eigenvalue weighted by Crippen LogP contribution is -2.45. The van der Waals surface area contributed by atoms with Gasteiger partial charge in [-0.2, -0.15) is 0 Å². The van der Waals surface area contributed by atoms with E-state index in [0.29, 0.717) is 12.3 Å². The van der Waals surface area contributed by atoms with Crippen LogP contribution in [0.4, 0.5) is 11.4 Å². The van der Waals surface area contributed by atoms with Gasteiger partial charge in [-0.15, -0.1) is 0 Å². The number of carbonyl (C=O) groups excluding carboxylic acids is 1. The van der Waals surface area contributed by atoms with Crippen molar-refractivity contribution in [3.8, 4) is 0 Å². The van der Waals surface area contributed by atoms with Crippen molar-refractivity contribution in [1.29, 1.82) is 0 Å². The van der Waals surface area contributed by atoms with E-state index in [9.17, 15) is 4.79 Å². The Morgan fingerprint density at radius 1 is 1.23 bits per heavy atom. The molecule has 1 amide bonds. The van der Waals surface area contributed by atoms with Gasteiger partial charge in [-0.05, 0) is 50.5 Å². The normalized spacial score (nSPS) is 22.0. The predicted molar refractivity (Wildman–Crippen MR) is 91.4 cm³/mol.